The van der Waals surface area contributed by atoms with Gasteiger partial charge in [-0.2, -0.15) is 0 Å². The molecule has 4 aromatic rings. The van der Waals surface area contributed by atoms with Crippen LogP contribution in [-0.4, -0.2) is 17.5 Å². The van der Waals surface area contributed by atoms with Crippen molar-refractivity contribution in [1.29, 1.82) is 0 Å². The number of Topliss-reactive ketones (excluding diaryl/α,β-unsaturated/α-hetero) is 1. The minimum absolute atomic E-state index is 0.00845. The van der Waals surface area contributed by atoms with E-state index < -0.39 is 0 Å². The molecule has 0 aliphatic heterocycles. The molecule has 0 heterocycles. The van der Waals surface area contributed by atoms with Crippen LogP contribution >= 0.6 is 11.8 Å². The SMILES string of the molecule is CCC(C)CCCCCCCCCCCCOc1ccc(Oc2ccc(SC(=O)c3ccc(-c4ccc(CC(=O)CCC(C)C(C)CC)cc4)cc3)cc2)cc1. The number of carbonyl (C=O) groups excluding carboxylic acids is 2. The van der Waals surface area contributed by atoms with Crippen molar-refractivity contribution in [2.24, 2.45) is 17.8 Å². The van der Waals surface area contributed by atoms with Crippen molar-refractivity contribution in [1.82, 2.24) is 0 Å². The van der Waals surface area contributed by atoms with E-state index in [1.54, 1.807) is 0 Å². The molecule has 0 aliphatic carbocycles. The lowest BCUT2D eigenvalue weighted by Gasteiger charge is -2.17. The van der Waals surface area contributed by atoms with E-state index in [-0.39, 0.29) is 5.12 Å². The summed E-state index contributed by atoms with van der Waals surface area (Å²) in [6.45, 7) is 12.1. The Bertz CT molecular complexity index is 1680. The van der Waals surface area contributed by atoms with Gasteiger partial charge in [-0.3, -0.25) is 9.59 Å². The van der Waals surface area contributed by atoms with E-state index in [4.69, 9.17) is 9.47 Å². The molecule has 5 heteroatoms. The van der Waals surface area contributed by atoms with Crippen molar-refractivity contribution < 1.29 is 19.1 Å². The number of unbranched alkanes of at least 4 members (excludes halogenated alkanes) is 9. The number of thioether (sulfide) groups is 1. The van der Waals surface area contributed by atoms with Crippen molar-refractivity contribution in [2.75, 3.05) is 6.61 Å². The Morgan fingerprint density at radius 3 is 1.64 bits per heavy atom. The number of hydrogen-bond acceptors (Lipinski definition) is 5. The van der Waals surface area contributed by atoms with Crippen LogP contribution in [0.4, 0.5) is 0 Å². The van der Waals surface area contributed by atoms with E-state index in [9.17, 15) is 9.59 Å². The van der Waals surface area contributed by atoms with E-state index in [2.05, 4.69) is 46.8 Å². The number of benzene rings is 4. The van der Waals surface area contributed by atoms with Gasteiger partial charge in [-0.1, -0.05) is 148 Å². The second-order valence-electron chi connectivity index (χ2n) is 16.0. The first kappa shape index (κ1) is 44.9. The number of carbonyl (C=O) groups is 2. The minimum atomic E-state index is -0.00845. The Kier molecular flexibility index (Phi) is 20.4. The lowest BCUT2D eigenvalue weighted by atomic mass is 9.88. The first-order chi connectivity index (χ1) is 27.2. The Morgan fingerprint density at radius 2 is 1.07 bits per heavy atom. The van der Waals surface area contributed by atoms with Crippen molar-refractivity contribution in [3.05, 3.63) is 108 Å². The second-order valence-corrected chi connectivity index (χ2v) is 17.1. The Morgan fingerprint density at radius 1 is 0.554 bits per heavy atom. The molecule has 0 N–H and O–H groups in total. The smallest absolute Gasteiger partial charge is 0.224 e. The Labute approximate surface area is 343 Å². The highest BCUT2D eigenvalue weighted by atomic mass is 32.2. The molecule has 56 heavy (non-hydrogen) atoms. The summed E-state index contributed by atoms with van der Waals surface area (Å²) in [5.74, 6) is 4.75. The summed E-state index contributed by atoms with van der Waals surface area (Å²) in [4.78, 5) is 26.5. The third-order valence-corrected chi connectivity index (χ3v) is 12.4. The van der Waals surface area contributed by atoms with Crippen LogP contribution in [0.15, 0.2) is 102 Å². The van der Waals surface area contributed by atoms with Crippen molar-refractivity contribution in [2.45, 2.75) is 142 Å². The zero-order chi connectivity index (χ0) is 40.0. The number of ketones is 1. The highest BCUT2D eigenvalue weighted by molar-refractivity contribution is 8.14. The second kappa shape index (κ2) is 25.4. The largest absolute Gasteiger partial charge is 0.494 e. The molecular weight excluding hydrogens is 709 g/mol. The minimum Gasteiger partial charge on any atom is -0.494 e. The van der Waals surface area contributed by atoms with Gasteiger partial charge in [-0.05, 0) is 120 Å². The summed E-state index contributed by atoms with van der Waals surface area (Å²) >= 11 is 1.21. The van der Waals surface area contributed by atoms with Crippen LogP contribution in [0, 0.1) is 17.8 Å². The standard InChI is InChI=1S/C51H68O4S/c1-6-39(3)18-16-14-12-10-8-9-11-13-15-17-37-54-47-29-31-48(32-30-47)55-49-33-35-50(36-34-49)56-51(53)45-26-24-44(25-27-45)43-22-20-42(21-23-43)38-46(52)28-19-41(5)40(4)7-2/h20-27,29-36,39-41H,6-19,28,37-38H2,1-5H3. The predicted molar refractivity (Wildman–Crippen MR) is 237 cm³/mol. The third kappa shape index (κ3) is 16.7. The third-order valence-electron chi connectivity index (χ3n) is 11.5. The Balaban J connectivity index is 1.10. The first-order valence-corrected chi connectivity index (χ1v) is 22.5. The fraction of sp³-hybridized carbons (Fsp3) is 0.490. The quantitative estimate of drug-likeness (QED) is 0.0446. The van der Waals surface area contributed by atoms with Crippen LogP contribution in [-0.2, 0) is 11.2 Å². The van der Waals surface area contributed by atoms with Crippen molar-refractivity contribution >= 4 is 22.7 Å². The zero-order valence-electron chi connectivity index (χ0n) is 35.0. The molecule has 4 rings (SSSR count). The van der Waals surface area contributed by atoms with Crippen LogP contribution in [0.1, 0.15) is 147 Å². The van der Waals surface area contributed by atoms with Crippen molar-refractivity contribution in [3.8, 4) is 28.4 Å². The van der Waals surface area contributed by atoms with Gasteiger partial charge in [0.1, 0.15) is 23.0 Å². The van der Waals surface area contributed by atoms with Crippen LogP contribution in [0.2, 0.25) is 0 Å². The molecule has 0 aromatic heterocycles. The Hall–Kier alpha value is -3.83. The van der Waals surface area contributed by atoms with Gasteiger partial charge in [0, 0.05) is 23.3 Å². The van der Waals surface area contributed by atoms with E-state index in [0.717, 1.165) is 64.9 Å². The molecule has 3 unspecified atom stereocenters. The van der Waals surface area contributed by atoms with Gasteiger partial charge in [0.05, 0.1) is 6.61 Å². The molecule has 3 atom stereocenters. The van der Waals surface area contributed by atoms with Gasteiger partial charge in [0.15, 0.2) is 0 Å². The molecule has 0 saturated heterocycles. The summed E-state index contributed by atoms with van der Waals surface area (Å²) in [6.07, 6.45) is 19.3. The molecule has 0 radical (unpaired) electrons. The monoisotopic (exact) mass is 776 g/mol. The summed E-state index contributed by atoms with van der Waals surface area (Å²) in [5, 5.41) is -0.00845. The zero-order valence-corrected chi connectivity index (χ0v) is 35.8. The molecule has 4 aromatic carbocycles. The van der Waals surface area contributed by atoms with E-state index >= 15 is 0 Å². The molecule has 0 fully saturated rings. The first-order valence-electron chi connectivity index (χ1n) is 21.7. The van der Waals surface area contributed by atoms with Crippen LogP contribution in [0.3, 0.4) is 0 Å². The maximum absolute atomic E-state index is 13.1. The molecule has 0 bridgehead atoms. The van der Waals surface area contributed by atoms with Crippen LogP contribution in [0.25, 0.3) is 11.1 Å². The molecule has 302 valence electrons. The topological polar surface area (TPSA) is 52.6 Å². The van der Waals surface area contributed by atoms with Crippen molar-refractivity contribution in [3.63, 3.8) is 0 Å². The van der Waals surface area contributed by atoms with Gasteiger partial charge in [0.25, 0.3) is 0 Å². The fourth-order valence-corrected chi connectivity index (χ4v) is 7.63. The molecule has 0 aliphatic rings. The van der Waals surface area contributed by atoms with E-state index in [1.807, 2.05) is 84.9 Å². The van der Waals surface area contributed by atoms with Gasteiger partial charge >= 0.3 is 0 Å². The highest BCUT2D eigenvalue weighted by Crippen LogP contribution is 2.30. The van der Waals surface area contributed by atoms with Crippen LogP contribution in [0.5, 0.6) is 17.2 Å². The molecule has 0 spiro atoms. The van der Waals surface area contributed by atoms with Gasteiger partial charge in [-0.25, -0.2) is 0 Å². The average Bonchev–Trinajstić information content (AvgIpc) is 3.22. The number of ether oxygens (including phenoxy) is 2. The van der Waals surface area contributed by atoms with Gasteiger partial charge in [-0.15, -0.1) is 0 Å². The maximum atomic E-state index is 13.1. The lowest BCUT2D eigenvalue weighted by Crippen LogP contribution is -2.10. The molecule has 0 saturated carbocycles. The van der Waals surface area contributed by atoms with E-state index in [1.165, 1.54) is 82.4 Å². The molecule has 0 amide bonds. The average molecular weight is 777 g/mol. The number of rotatable bonds is 27. The highest BCUT2D eigenvalue weighted by Gasteiger charge is 2.14. The summed E-state index contributed by atoms with van der Waals surface area (Å²) < 4.78 is 12.0. The fourth-order valence-electron chi connectivity index (χ4n) is 6.89. The summed E-state index contributed by atoms with van der Waals surface area (Å²) in [5.41, 5.74) is 3.80. The number of hydrogen-bond donors (Lipinski definition) is 0. The predicted octanol–water partition coefficient (Wildman–Crippen LogP) is 15.4. The summed E-state index contributed by atoms with van der Waals surface area (Å²) in [6, 6.07) is 31.3. The lowest BCUT2D eigenvalue weighted by molar-refractivity contribution is -0.118. The van der Waals surface area contributed by atoms with E-state index in [0.29, 0.717) is 41.8 Å². The van der Waals surface area contributed by atoms with Gasteiger partial charge in [0.2, 0.25) is 5.12 Å². The molecule has 4 nitrogen and oxygen atoms in total. The van der Waals surface area contributed by atoms with Gasteiger partial charge < -0.3 is 9.47 Å². The van der Waals surface area contributed by atoms with Crippen LogP contribution < -0.4 is 9.47 Å². The maximum Gasteiger partial charge on any atom is 0.224 e. The molecular formula is C51H68O4S. The summed E-state index contributed by atoms with van der Waals surface area (Å²) in [7, 11) is 0. The normalized spacial score (nSPS) is 12.9.